The number of halogens is 1. The first-order valence-electron chi connectivity index (χ1n) is 6.43. The molecule has 0 fully saturated rings. The number of hydrogen-bond donors (Lipinski definition) is 0. The fourth-order valence-electron chi connectivity index (χ4n) is 2.75. The predicted octanol–water partition coefficient (Wildman–Crippen LogP) is 3.66. The summed E-state index contributed by atoms with van der Waals surface area (Å²) in [6.07, 6.45) is 1.62. The lowest BCUT2D eigenvalue weighted by molar-refractivity contribution is 0.0980. The van der Waals surface area contributed by atoms with Crippen molar-refractivity contribution in [2.24, 2.45) is 0 Å². The van der Waals surface area contributed by atoms with Gasteiger partial charge < -0.3 is 0 Å². The summed E-state index contributed by atoms with van der Waals surface area (Å²) in [6, 6.07) is 11.9. The molecule has 1 aliphatic rings. The molecule has 3 nitrogen and oxygen atoms in total. The zero-order valence-electron chi connectivity index (χ0n) is 10.8. The summed E-state index contributed by atoms with van der Waals surface area (Å²) >= 11 is 5.94. The SMILES string of the molecule is O=C1c2cc(Cl)ccc2C(=O)c2c1ccc1cccnc21. The minimum absolute atomic E-state index is 0.180. The van der Waals surface area contributed by atoms with E-state index in [1.165, 1.54) is 0 Å². The zero-order chi connectivity index (χ0) is 14.6. The Morgan fingerprint density at radius 1 is 0.857 bits per heavy atom. The number of hydrogen-bond acceptors (Lipinski definition) is 3. The summed E-state index contributed by atoms with van der Waals surface area (Å²) in [6.45, 7) is 0. The lowest BCUT2D eigenvalue weighted by atomic mass is 9.83. The Morgan fingerprint density at radius 2 is 1.67 bits per heavy atom. The second-order valence-electron chi connectivity index (χ2n) is 4.91. The van der Waals surface area contributed by atoms with E-state index in [1.807, 2.05) is 12.1 Å². The van der Waals surface area contributed by atoms with Crippen molar-refractivity contribution in [2.45, 2.75) is 0 Å². The van der Waals surface area contributed by atoms with Crippen LogP contribution in [0.5, 0.6) is 0 Å². The Kier molecular flexibility index (Phi) is 2.47. The topological polar surface area (TPSA) is 47.0 Å². The molecule has 0 bridgehead atoms. The van der Waals surface area contributed by atoms with Gasteiger partial charge in [-0.2, -0.15) is 0 Å². The van der Waals surface area contributed by atoms with Crippen LogP contribution in [0.1, 0.15) is 31.8 Å². The van der Waals surface area contributed by atoms with Gasteiger partial charge >= 0.3 is 0 Å². The minimum Gasteiger partial charge on any atom is -0.289 e. The van der Waals surface area contributed by atoms with Gasteiger partial charge in [0.2, 0.25) is 0 Å². The van der Waals surface area contributed by atoms with Crippen LogP contribution in [0, 0.1) is 0 Å². The van der Waals surface area contributed by atoms with Crippen molar-refractivity contribution < 1.29 is 9.59 Å². The van der Waals surface area contributed by atoms with Gasteiger partial charge in [0.1, 0.15) is 0 Å². The molecular formula is C17H8ClNO2. The van der Waals surface area contributed by atoms with Crippen molar-refractivity contribution in [2.75, 3.05) is 0 Å². The molecule has 4 heteroatoms. The van der Waals surface area contributed by atoms with Gasteiger partial charge in [0.25, 0.3) is 0 Å². The molecule has 0 amide bonds. The number of nitrogens with zero attached hydrogens (tertiary/aromatic N) is 1. The Bertz CT molecular complexity index is 947. The monoisotopic (exact) mass is 293 g/mol. The first-order chi connectivity index (χ1) is 10.2. The molecular weight excluding hydrogens is 286 g/mol. The van der Waals surface area contributed by atoms with Crippen LogP contribution < -0.4 is 0 Å². The molecule has 0 atom stereocenters. The Hall–Kier alpha value is -2.52. The van der Waals surface area contributed by atoms with E-state index in [0.29, 0.717) is 32.8 Å². The van der Waals surface area contributed by atoms with Crippen molar-refractivity contribution in [3.63, 3.8) is 0 Å². The van der Waals surface area contributed by atoms with Gasteiger partial charge in [0.05, 0.1) is 11.1 Å². The lowest BCUT2D eigenvalue weighted by Crippen LogP contribution is -2.21. The van der Waals surface area contributed by atoms with Crippen LogP contribution in [0.25, 0.3) is 10.9 Å². The maximum atomic E-state index is 12.7. The molecule has 21 heavy (non-hydrogen) atoms. The molecule has 0 saturated carbocycles. The number of carbonyl (C=O) groups excluding carboxylic acids is 2. The van der Waals surface area contributed by atoms with E-state index in [2.05, 4.69) is 4.98 Å². The van der Waals surface area contributed by atoms with Gasteiger partial charge in [-0.05, 0) is 30.3 Å². The Morgan fingerprint density at radius 3 is 2.52 bits per heavy atom. The van der Waals surface area contributed by atoms with E-state index in [0.717, 1.165) is 5.39 Å². The number of aromatic nitrogens is 1. The van der Waals surface area contributed by atoms with Crippen LogP contribution in [0.4, 0.5) is 0 Å². The van der Waals surface area contributed by atoms with Crippen LogP contribution in [0.15, 0.2) is 48.7 Å². The van der Waals surface area contributed by atoms with E-state index in [-0.39, 0.29) is 11.6 Å². The van der Waals surface area contributed by atoms with Crippen molar-refractivity contribution >= 4 is 34.1 Å². The second kappa shape index (κ2) is 4.24. The smallest absolute Gasteiger partial charge is 0.196 e. The molecule has 0 saturated heterocycles. The molecule has 4 rings (SSSR count). The van der Waals surface area contributed by atoms with Crippen LogP contribution in [0.2, 0.25) is 5.02 Å². The third kappa shape index (κ3) is 1.64. The third-order valence-corrected chi connectivity index (χ3v) is 3.95. The summed E-state index contributed by atoms with van der Waals surface area (Å²) in [5, 5.41) is 1.28. The molecule has 1 heterocycles. The van der Waals surface area contributed by atoms with Gasteiger partial charge in [-0.25, -0.2) is 0 Å². The number of fused-ring (bicyclic) bond motifs is 4. The average Bonchev–Trinajstić information content (AvgIpc) is 2.51. The minimum atomic E-state index is -0.186. The summed E-state index contributed by atoms with van der Waals surface area (Å²) in [5.74, 6) is -0.366. The third-order valence-electron chi connectivity index (χ3n) is 3.72. The molecule has 100 valence electrons. The highest BCUT2D eigenvalue weighted by Crippen LogP contribution is 2.32. The maximum absolute atomic E-state index is 12.7. The van der Waals surface area contributed by atoms with Crippen LogP contribution in [-0.4, -0.2) is 16.6 Å². The highest BCUT2D eigenvalue weighted by Gasteiger charge is 2.31. The van der Waals surface area contributed by atoms with Crippen LogP contribution >= 0.6 is 11.6 Å². The highest BCUT2D eigenvalue weighted by molar-refractivity contribution is 6.34. The lowest BCUT2D eigenvalue weighted by Gasteiger charge is -2.18. The number of pyridine rings is 1. The van der Waals surface area contributed by atoms with Gasteiger partial charge in [-0.15, -0.1) is 0 Å². The summed E-state index contributed by atoms with van der Waals surface area (Å²) in [5.41, 5.74) is 2.08. The number of benzene rings is 2. The van der Waals surface area contributed by atoms with Gasteiger partial charge in [-0.1, -0.05) is 23.7 Å². The van der Waals surface area contributed by atoms with E-state index in [1.54, 1.807) is 36.5 Å². The molecule has 1 aromatic heterocycles. The Labute approximate surface area is 125 Å². The first-order valence-corrected chi connectivity index (χ1v) is 6.81. The second-order valence-corrected chi connectivity index (χ2v) is 5.35. The molecule has 0 unspecified atom stereocenters. The summed E-state index contributed by atoms with van der Waals surface area (Å²) in [7, 11) is 0. The largest absolute Gasteiger partial charge is 0.289 e. The summed E-state index contributed by atoms with van der Waals surface area (Å²) < 4.78 is 0. The van der Waals surface area contributed by atoms with Crippen LogP contribution in [0.3, 0.4) is 0 Å². The molecule has 1 aliphatic carbocycles. The summed E-state index contributed by atoms with van der Waals surface area (Å²) in [4.78, 5) is 29.6. The molecule has 3 aromatic rings. The van der Waals surface area contributed by atoms with Crippen LogP contribution in [-0.2, 0) is 0 Å². The van der Waals surface area contributed by atoms with Crippen molar-refractivity contribution in [3.8, 4) is 0 Å². The zero-order valence-corrected chi connectivity index (χ0v) is 11.5. The molecule has 0 spiro atoms. The maximum Gasteiger partial charge on any atom is 0.196 e. The van der Waals surface area contributed by atoms with Crippen molar-refractivity contribution in [1.82, 2.24) is 4.98 Å². The molecule has 2 aromatic carbocycles. The fourth-order valence-corrected chi connectivity index (χ4v) is 2.92. The Balaban J connectivity index is 2.11. The standard InChI is InChI=1S/C17H8ClNO2/c18-10-4-6-11-13(8-10)16(20)12-5-3-9-2-1-7-19-15(9)14(12)17(11)21/h1-8H. The average molecular weight is 294 g/mol. The first kappa shape index (κ1) is 12.2. The van der Waals surface area contributed by atoms with E-state index >= 15 is 0 Å². The van der Waals surface area contributed by atoms with E-state index in [9.17, 15) is 9.59 Å². The number of ketones is 2. The normalized spacial score (nSPS) is 13.2. The van der Waals surface area contributed by atoms with Gasteiger partial charge in [-0.3, -0.25) is 14.6 Å². The van der Waals surface area contributed by atoms with Gasteiger partial charge in [0, 0.05) is 33.3 Å². The highest BCUT2D eigenvalue weighted by atomic mass is 35.5. The quantitative estimate of drug-likeness (QED) is 0.497. The van der Waals surface area contributed by atoms with Crippen molar-refractivity contribution in [1.29, 1.82) is 0 Å². The van der Waals surface area contributed by atoms with E-state index in [4.69, 9.17) is 11.6 Å². The van der Waals surface area contributed by atoms with Crippen molar-refractivity contribution in [3.05, 3.63) is 75.9 Å². The number of carbonyl (C=O) groups is 2. The number of rotatable bonds is 0. The molecule has 0 N–H and O–H groups in total. The van der Waals surface area contributed by atoms with E-state index < -0.39 is 0 Å². The van der Waals surface area contributed by atoms with Gasteiger partial charge in [0.15, 0.2) is 11.6 Å². The molecule has 0 aliphatic heterocycles. The fraction of sp³-hybridized carbons (Fsp3) is 0. The predicted molar refractivity (Wildman–Crippen MR) is 80.1 cm³/mol. The molecule has 0 radical (unpaired) electrons.